The summed E-state index contributed by atoms with van der Waals surface area (Å²) in [6, 6.07) is 0. The van der Waals surface area contributed by atoms with Gasteiger partial charge in [0.05, 0.1) is 11.0 Å². The summed E-state index contributed by atoms with van der Waals surface area (Å²) in [7, 11) is 0. The fourth-order valence-corrected chi connectivity index (χ4v) is 4.79. The summed E-state index contributed by atoms with van der Waals surface area (Å²) in [4.78, 5) is 12.2. The van der Waals surface area contributed by atoms with Crippen LogP contribution in [0.25, 0.3) is 0 Å². The Labute approximate surface area is 126 Å². The van der Waals surface area contributed by atoms with E-state index in [4.69, 9.17) is 4.74 Å². The smallest absolute Gasteiger partial charge is 0.311 e. The summed E-state index contributed by atoms with van der Waals surface area (Å²) >= 11 is 0. The van der Waals surface area contributed by atoms with Crippen LogP contribution in [-0.4, -0.2) is 34.0 Å². The van der Waals surface area contributed by atoms with E-state index in [1.807, 2.05) is 20.8 Å². The molecular formula is C17H28O4. The summed E-state index contributed by atoms with van der Waals surface area (Å²) in [5, 5.41) is 21.7. The Morgan fingerprint density at radius 1 is 1.19 bits per heavy atom. The highest BCUT2D eigenvalue weighted by Crippen LogP contribution is 2.59. The molecule has 4 aliphatic carbocycles. The largest absolute Gasteiger partial charge is 0.462 e. The lowest BCUT2D eigenvalue weighted by molar-refractivity contribution is -0.242. The first-order chi connectivity index (χ1) is 9.68. The van der Waals surface area contributed by atoms with Gasteiger partial charge in [0.1, 0.15) is 12.2 Å². The second kappa shape index (κ2) is 4.69. The maximum atomic E-state index is 12.2. The molecule has 4 bridgehead atoms. The molecule has 0 aromatic rings. The van der Waals surface area contributed by atoms with Crippen LogP contribution in [0.1, 0.15) is 59.3 Å². The van der Waals surface area contributed by atoms with E-state index in [1.165, 1.54) is 0 Å². The van der Waals surface area contributed by atoms with Gasteiger partial charge in [-0.05, 0) is 70.1 Å². The van der Waals surface area contributed by atoms with Gasteiger partial charge in [-0.1, -0.05) is 6.92 Å². The maximum absolute atomic E-state index is 12.2. The standard InChI is InChI=1S/C17H28O4/c1-4-15(2,3)14(18)21-10-17(20)12-5-11-6-13(17)9-16(19,7-11)8-12/h11-13,19-20H,4-10H2,1-3H3. The van der Waals surface area contributed by atoms with Crippen LogP contribution < -0.4 is 0 Å². The van der Waals surface area contributed by atoms with Gasteiger partial charge in [-0.25, -0.2) is 0 Å². The third-order valence-corrected chi connectivity index (χ3v) is 6.44. The van der Waals surface area contributed by atoms with Crippen molar-refractivity contribution in [2.24, 2.45) is 23.2 Å². The Morgan fingerprint density at radius 2 is 1.76 bits per heavy atom. The molecule has 4 rings (SSSR count). The molecule has 4 saturated carbocycles. The zero-order valence-corrected chi connectivity index (χ0v) is 13.4. The lowest BCUT2D eigenvalue weighted by Gasteiger charge is -2.61. The van der Waals surface area contributed by atoms with Gasteiger partial charge >= 0.3 is 5.97 Å². The van der Waals surface area contributed by atoms with Crippen LogP contribution in [0, 0.1) is 23.2 Å². The highest BCUT2D eigenvalue weighted by molar-refractivity contribution is 5.75. The highest BCUT2D eigenvalue weighted by atomic mass is 16.5. The molecule has 4 fully saturated rings. The average molecular weight is 296 g/mol. The Bertz CT molecular complexity index is 426. The second-order valence-electron chi connectivity index (χ2n) is 8.37. The average Bonchev–Trinajstić information content (AvgIpc) is 2.40. The summed E-state index contributed by atoms with van der Waals surface area (Å²) in [6.07, 6.45) is 4.85. The van der Waals surface area contributed by atoms with Crippen LogP contribution in [-0.2, 0) is 9.53 Å². The predicted octanol–water partition coefficient (Wildman–Crippen LogP) is 2.27. The van der Waals surface area contributed by atoms with Crippen LogP contribution in [0.4, 0.5) is 0 Å². The van der Waals surface area contributed by atoms with E-state index < -0.39 is 16.6 Å². The first-order valence-corrected chi connectivity index (χ1v) is 8.30. The molecule has 21 heavy (non-hydrogen) atoms. The molecule has 0 amide bonds. The minimum atomic E-state index is -0.928. The molecule has 0 saturated heterocycles. The third-order valence-electron chi connectivity index (χ3n) is 6.44. The molecule has 4 nitrogen and oxygen atoms in total. The van der Waals surface area contributed by atoms with Gasteiger partial charge < -0.3 is 14.9 Å². The highest BCUT2D eigenvalue weighted by Gasteiger charge is 2.61. The summed E-state index contributed by atoms with van der Waals surface area (Å²) in [6.45, 7) is 5.81. The zero-order chi connectivity index (χ0) is 15.5. The Hall–Kier alpha value is -0.610. The quantitative estimate of drug-likeness (QED) is 0.781. The number of hydrogen-bond acceptors (Lipinski definition) is 4. The van der Waals surface area contributed by atoms with Crippen LogP contribution in [0.2, 0.25) is 0 Å². The predicted molar refractivity (Wildman–Crippen MR) is 78.5 cm³/mol. The molecule has 2 N–H and O–H groups in total. The molecule has 2 atom stereocenters. The van der Waals surface area contributed by atoms with Gasteiger partial charge in [0.15, 0.2) is 0 Å². The summed E-state index contributed by atoms with van der Waals surface area (Å²) in [5.74, 6) is 0.457. The lowest BCUT2D eigenvalue weighted by Crippen LogP contribution is -2.65. The van der Waals surface area contributed by atoms with E-state index in [1.54, 1.807) is 0 Å². The summed E-state index contributed by atoms with van der Waals surface area (Å²) < 4.78 is 5.49. The van der Waals surface area contributed by atoms with Crippen molar-refractivity contribution < 1.29 is 19.7 Å². The number of esters is 1. The van der Waals surface area contributed by atoms with E-state index >= 15 is 0 Å². The first-order valence-electron chi connectivity index (χ1n) is 8.30. The maximum Gasteiger partial charge on any atom is 0.311 e. The lowest BCUT2D eigenvalue weighted by atomic mass is 9.48. The molecule has 0 spiro atoms. The molecule has 0 aromatic heterocycles. The van der Waals surface area contributed by atoms with Gasteiger partial charge in [0.2, 0.25) is 0 Å². The van der Waals surface area contributed by atoms with Gasteiger partial charge in [-0.2, -0.15) is 0 Å². The fraction of sp³-hybridized carbons (Fsp3) is 0.941. The fourth-order valence-electron chi connectivity index (χ4n) is 4.79. The number of hydrogen-bond donors (Lipinski definition) is 2. The normalized spacial score (nSPS) is 44.9. The minimum absolute atomic E-state index is 0.0753. The third kappa shape index (κ3) is 2.40. The van der Waals surface area contributed by atoms with Crippen LogP contribution in [0.5, 0.6) is 0 Å². The van der Waals surface area contributed by atoms with Crippen molar-refractivity contribution in [3.8, 4) is 0 Å². The zero-order valence-electron chi connectivity index (χ0n) is 13.4. The van der Waals surface area contributed by atoms with Crippen molar-refractivity contribution in [2.45, 2.75) is 70.5 Å². The van der Waals surface area contributed by atoms with Gasteiger partial charge in [-0.15, -0.1) is 0 Å². The van der Waals surface area contributed by atoms with E-state index in [0.29, 0.717) is 18.8 Å². The van der Waals surface area contributed by atoms with Gasteiger partial charge in [-0.3, -0.25) is 4.79 Å². The molecule has 2 unspecified atom stereocenters. The van der Waals surface area contributed by atoms with Crippen molar-refractivity contribution in [2.75, 3.05) is 6.61 Å². The number of rotatable bonds is 4. The monoisotopic (exact) mass is 296 g/mol. The van der Waals surface area contributed by atoms with Crippen LogP contribution >= 0.6 is 0 Å². The molecular weight excluding hydrogens is 268 g/mol. The number of carbonyl (C=O) groups is 1. The number of aliphatic hydroxyl groups is 2. The van der Waals surface area contributed by atoms with E-state index in [2.05, 4.69) is 0 Å². The molecule has 0 aromatic carbocycles. The Balaban J connectivity index is 1.70. The van der Waals surface area contributed by atoms with Crippen molar-refractivity contribution in [1.29, 1.82) is 0 Å². The Morgan fingerprint density at radius 3 is 2.24 bits per heavy atom. The molecule has 4 aliphatic rings. The minimum Gasteiger partial charge on any atom is -0.462 e. The van der Waals surface area contributed by atoms with Crippen molar-refractivity contribution >= 4 is 5.97 Å². The number of carbonyl (C=O) groups excluding carboxylic acids is 1. The van der Waals surface area contributed by atoms with Crippen molar-refractivity contribution in [1.82, 2.24) is 0 Å². The van der Waals surface area contributed by atoms with Crippen molar-refractivity contribution in [3.63, 3.8) is 0 Å². The first kappa shape index (κ1) is 15.3. The molecule has 120 valence electrons. The topological polar surface area (TPSA) is 66.8 Å². The van der Waals surface area contributed by atoms with E-state index in [0.717, 1.165) is 25.7 Å². The number of ether oxygens (including phenoxy) is 1. The van der Waals surface area contributed by atoms with Crippen molar-refractivity contribution in [3.05, 3.63) is 0 Å². The SMILES string of the molecule is CCC(C)(C)C(=O)OCC1(O)C2CC3CC1CC(O)(C3)C2. The molecule has 0 radical (unpaired) electrons. The molecule has 4 heteroatoms. The molecule has 0 heterocycles. The Kier molecular flexibility index (Phi) is 3.42. The van der Waals surface area contributed by atoms with Crippen LogP contribution in [0.15, 0.2) is 0 Å². The van der Waals surface area contributed by atoms with E-state index in [-0.39, 0.29) is 24.4 Å². The van der Waals surface area contributed by atoms with Crippen LogP contribution in [0.3, 0.4) is 0 Å². The second-order valence-corrected chi connectivity index (χ2v) is 8.37. The van der Waals surface area contributed by atoms with E-state index in [9.17, 15) is 15.0 Å². The summed E-state index contributed by atoms with van der Waals surface area (Å²) in [5.41, 5.74) is -2.00. The van der Waals surface area contributed by atoms with Gasteiger partial charge in [0, 0.05) is 0 Å². The van der Waals surface area contributed by atoms with Gasteiger partial charge in [0.25, 0.3) is 0 Å². The molecule has 0 aliphatic heterocycles.